The molecule has 1 fully saturated rings. The minimum Gasteiger partial charge on any atom is -0.481 e. The van der Waals surface area contributed by atoms with Crippen molar-refractivity contribution in [3.8, 4) is 0 Å². The lowest BCUT2D eigenvalue weighted by Gasteiger charge is -2.32. The Morgan fingerprint density at radius 3 is 2.67 bits per heavy atom. The Kier molecular flexibility index (Phi) is 4.98. The molecule has 1 aliphatic carbocycles. The second-order valence-corrected chi connectivity index (χ2v) is 6.02. The fourth-order valence-electron chi connectivity index (χ4n) is 3.06. The minimum atomic E-state index is -0.867. The molecule has 21 heavy (non-hydrogen) atoms. The molecule has 1 amide bonds. The van der Waals surface area contributed by atoms with Gasteiger partial charge < -0.3 is 10.4 Å². The van der Waals surface area contributed by atoms with Crippen LogP contribution in [0.25, 0.3) is 0 Å². The van der Waals surface area contributed by atoms with E-state index in [0.717, 1.165) is 19.3 Å². The van der Waals surface area contributed by atoms with Crippen LogP contribution in [0.2, 0.25) is 0 Å². The first-order valence-corrected chi connectivity index (χ1v) is 7.52. The number of rotatable bonds is 6. The molecule has 6 nitrogen and oxygen atoms in total. The zero-order valence-electron chi connectivity index (χ0n) is 12.4. The van der Waals surface area contributed by atoms with Gasteiger partial charge in [-0.15, -0.1) is 0 Å². The van der Waals surface area contributed by atoms with Gasteiger partial charge in [-0.05, 0) is 25.8 Å². The Bertz CT molecular complexity index is 478. The van der Waals surface area contributed by atoms with Gasteiger partial charge in [-0.1, -0.05) is 19.3 Å². The van der Waals surface area contributed by atoms with Crippen LogP contribution >= 0.6 is 0 Å². The molecule has 116 valence electrons. The van der Waals surface area contributed by atoms with Crippen molar-refractivity contribution >= 4 is 11.9 Å². The summed E-state index contributed by atoms with van der Waals surface area (Å²) >= 11 is 0. The molecular formula is C15H23N3O3. The van der Waals surface area contributed by atoms with Crippen LogP contribution in [0.15, 0.2) is 18.5 Å². The lowest BCUT2D eigenvalue weighted by atomic mass is 9.71. The largest absolute Gasteiger partial charge is 0.481 e. The molecule has 6 heteroatoms. The van der Waals surface area contributed by atoms with E-state index < -0.39 is 11.4 Å². The summed E-state index contributed by atoms with van der Waals surface area (Å²) in [5.41, 5.74) is -0.867. The van der Waals surface area contributed by atoms with E-state index in [1.807, 2.05) is 19.2 Å². The number of hydrogen-bond donors (Lipinski definition) is 2. The first kappa shape index (κ1) is 15.5. The van der Waals surface area contributed by atoms with E-state index in [-0.39, 0.29) is 18.4 Å². The Hall–Kier alpha value is -1.85. The van der Waals surface area contributed by atoms with E-state index in [4.69, 9.17) is 0 Å². The minimum absolute atomic E-state index is 0.0752. The second kappa shape index (κ2) is 6.74. The summed E-state index contributed by atoms with van der Waals surface area (Å²) in [6.45, 7) is 2.48. The monoisotopic (exact) mass is 293 g/mol. The molecule has 0 radical (unpaired) electrons. The molecule has 1 saturated carbocycles. The number of hydrogen-bond acceptors (Lipinski definition) is 3. The number of carboxylic acids is 1. The maximum Gasteiger partial charge on any atom is 0.310 e. The average molecular weight is 293 g/mol. The lowest BCUT2D eigenvalue weighted by molar-refractivity contribution is -0.154. The molecule has 0 aliphatic heterocycles. The third kappa shape index (κ3) is 4.06. The van der Waals surface area contributed by atoms with Gasteiger partial charge in [0, 0.05) is 24.9 Å². The first-order chi connectivity index (χ1) is 10.0. The van der Waals surface area contributed by atoms with Crippen molar-refractivity contribution in [2.24, 2.45) is 5.41 Å². The Balaban J connectivity index is 1.88. The zero-order valence-corrected chi connectivity index (χ0v) is 12.4. The highest BCUT2D eigenvalue weighted by Gasteiger charge is 2.41. The van der Waals surface area contributed by atoms with E-state index in [2.05, 4.69) is 10.4 Å². The van der Waals surface area contributed by atoms with Crippen molar-refractivity contribution in [2.45, 2.75) is 58.0 Å². The number of nitrogens with zero attached hydrogens (tertiary/aromatic N) is 2. The summed E-state index contributed by atoms with van der Waals surface area (Å²) in [5.74, 6) is -1.02. The Labute approximate surface area is 124 Å². The summed E-state index contributed by atoms with van der Waals surface area (Å²) in [6, 6.07) is 1.75. The number of carbonyl (C=O) groups is 2. The van der Waals surface area contributed by atoms with E-state index in [1.54, 1.807) is 10.9 Å². The molecule has 2 rings (SSSR count). The highest BCUT2D eigenvalue weighted by Crippen LogP contribution is 2.39. The SMILES string of the molecule is CC(Cn1cccn1)NC(=O)CC1(C(=O)O)CCCCC1. The summed E-state index contributed by atoms with van der Waals surface area (Å²) in [6.07, 6.45) is 7.65. The normalized spacial score (nSPS) is 18.9. The first-order valence-electron chi connectivity index (χ1n) is 7.52. The average Bonchev–Trinajstić information content (AvgIpc) is 2.92. The smallest absolute Gasteiger partial charge is 0.310 e. The predicted octanol–water partition coefficient (Wildman–Crippen LogP) is 1.81. The van der Waals surface area contributed by atoms with Crippen LogP contribution in [-0.2, 0) is 16.1 Å². The number of aromatic nitrogens is 2. The molecule has 1 atom stereocenters. The summed E-state index contributed by atoms with van der Waals surface area (Å²) in [5, 5.41) is 16.5. The van der Waals surface area contributed by atoms with Gasteiger partial charge in [0.25, 0.3) is 0 Å². The fourth-order valence-corrected chi connectivity index (χ4v) is 3.06. The highest BCUT2D eigenvalue weighted by molar-refractivity contribution is 5.85. The van der Waals surface area contributed by atoms with E-state index >= 15 is 0 Å². The molecule has 1 unspecified atom stereocenters. The van der Waals surface area contributed by atoms with Gasteiger partial charge in [-0.25, -0.2) is 0 Å². The van der Waals surface area contributed by atoms with Gasteiger partial charge >= 0.3 is 5.97 Å². The van der Waals surface area contributed by atoms with Crippen LogP contribution < -0.4 is 5.32 Å². The number of aliphatic carboxylic acids is 1. The van der Waals surface area contributed by atoms with Gasteiger partial charge in [0.1, 0.15) is 0 Å². The van der Waals surface area contributed by atoms with Crippen LogP contribution in [0, 0.1) is 5.41 Å². The van der Waals surface area contributed by atoms with Crippen LogP contribution in [-0.4, -0.2) is 32.8 Å². The van der Waals surface area contributed by atoms with E-state index in [0.29, 0.717) is 19.4 Å². The molecule has 0 aromatic carbocycles. The third-order valence-corrected chi connectivity index (χ3v) is 4.19. The fraction of sp³-hybridized carbons (Fsp3) is 0.667. The van der Waals surface area contributed by atoms with Gasteiger partial charge in [-0.3, -0.25) is 14.3 Å². The number of carbonyl (C=O) groups excluding carboxylic acids is 1. The van der Waals surface area contributed by atoms with Crippen molar-refractivity contribution < 1.29 is 14.7 Å². The third-order valence-electron chi connectivity index (χ3n) is 4.19. The van der Waals surface area contributed by atoms with Crippen LogP contribution in [0.1, 0.15) is 45.4 Å². The maximum absolute atomic E-state index is 12.2. The van der Waals surface area contributed by atoms with Crippen molar-refractivity contribution in [3.63, 3.8) is 0 Å². The Morgan fingerprint density at radius 1 is 1.38 bits per heavy atom. The van der Waals surface area contributed by atoms with Gasteiger partial charge in [0.15, 0.2) is 0 Å². The van der Waals surface area contributed by atoms with Crippen LogP contribution in [0.5, 0.6) is 0 Å². The van der Waals surface area contributed by atoms with Crippen molar-refractivity contribution in [1.82, 2.24) is 15.1 Å². The molecule has 0 bridgehead atoms. The number of carboxylic acid groups (broad SMARTS) is 1. The molecule has 1 aromatic heterocycles. The highest BCUT2D eigenvalue weighted by atomic mass is 16.4. The van der Waals surface area contributed by atoms with Gasteiger partial charge in [0.05, 0.1) is 12.0 Å². The van der Waals surface area contributed by atoms with Crippen molar-refractivity contribution in [2.75, 3.05) is 0 Å². The zero-order chi connectivity index (χ0) is 15.3. The van der Waals surface area contributed by atoms with Gasteiger partial charge in [-0.2, -0.15) is 5.10 Å². The molecule has 1 aromatic rings. The van der Waals surface area contributed by atoms with E-state index in [1.165, 1.54) is 0 Å². The van der Waals surface area contributed by atoms with Crippen LogP contribution in [0.3, 0.4) is 0 Å². The summed E-state index contributed by atoms with van der Waals surface area (Å²) < 4.78 is 1.75. The molecule has 0 spiro atoms. The molecular weight excluding hydrogens is 270 g/mol. The Morgan fingerprint density at radius 2 is 2.10 bits per heavy atom. The maximum atomic E-state index is 12.2. The summed E-state index contributed by atoms with van der Waals surface area (Å²) in [7, 11) is 0. The molecule has 1 heterocycles. The van der Waals surface area contributed by atoms with E-state index in [9.17, 15) is 14.7 Å². The summed E-state index contributed by atoms with van der Waals surface area (Å²) in [4.78, 5) is 23.7. The lowest BCUT2D eigenvalue weighted by Crippen LogP contribution is -2.42. The molecule has 1 aliphatic rings. The standard InChI is InChI=1S/C15H23N3O3/c1-12(11-18-9-5-8-16-18)17-13(19)10-15(14(20)21)6-3-2-4-7-15/h5,8-9,12H,2-4,6-7,10-11H2,1H3,(H,17,19)(H,20,21). The second-order valence-electron chi connectivity index (χ2n) is 6.02. The molecule has 0 saturated heterocycles. The number of amides is 1. The van der Waals surface area contributed by atoms with Crippen LogP contribution in [0.4, 0.5) is 0 Å². The van der Waals surface area contributed by atoms with Crippen molar-refractivity contribution in [3.05, 3.63) is 18.5 Å². The number of nitrogens with one attached hydrogen (secondary N) is 1. The topological polar surface area (TPSA) is 84.2 Å². The van der Waals surface area contributed by atoms with Gasteiger partial charge in [0.2, 0.25) is 5.91 Å². The predicted molar refractivity (Wildman–Crippen MR) is 77.6 cm³/mol. The quantitative estimate of drug-likeness (QED) is 0.838. The van der Waals surface area contributed by atoms with Crippen molar-refractivity contribution in [1.29, 1.82) is 0 Å². The molecule has 2 N–H and O–H groups in total.